The Morgan fingerprint density at radius 1 is 1.47 bits per heavy atom. The minimum Gasteiger partial charge on any atom is -0.391 e. The first-order valence-electron chi connectivity index (χ1n) is 6.20. The fraction of sp³-hybridized carbons (Fsp3) is 0.750. The van der Waals surface area contributed by atoms with Crippen LogP contribution in [-0.4, -0.2) is 28.1 Å². The SMILES string of the molecule is COCc1cc(=O)n(C2CCCCCC2O)[nH]1. The lowest BCUT2D eigenvalue weighted by atomic mass is 10.1. The third-order valence-electron chi connectivity index (χ3n) is 3.37. The highest BCUT2D eigenvalue weighted by atomic mass is 16.5. The van der Waals surface area contributed by atoms with Crippen molar-refractivity contribution in [2.75, 3.05) is 7.11 Å². The molecular formula is C12H20N2O3. The number of nitrogens with one attached hydrogen (secondary N) is 1. The number of methoxy groups -OCH3 is 1. The number of hydrogen-bond acceptors (Lipinski definition) is 3. The molecular weight excluding hydrogens is 220 g/mol. The molecule has 0 radical (unpaired) electrons. The fourth-order valence-electron chi connectivity index (χ4n) is 2.51. The average Bonchev–Trinajstić information content (AvgIpc) is 2.52. The summed E-state index contributed by atoms with van der Waals surface area (Å²) in [6, 6.07) is 1.43. The maximum atomic E-state index is 11.8. The number of H-pyrrole nitrogens is 1. The van der Waals surface area contributed by atoms with Gasteiger partial charge in [0.15, 0.2) is 0 Å². The molecule has 5 nitrogen and oxygen atoms in total. The quantitative estimate of drug-likeness (QED) is 0.780. The van der Waals surface area contributed by atoms with Crippen molar-refractivity contribution in [3.63, 3.8) is 0 Å². The molecule has 0 saturated heterocycles. The molecule has 1 fully saturated rings. The Morgan fingerprint density at radius 2 is 2.24 bits per heavy atom. The molecule has 0 aliphatic heterocycles. The highest BCUT2D eigenvalue weighted by Gasteiger charge is 2.25. The molecule has 0 spiro atoms. The van der Waals surface area contributed by atoms with Crippen molar-refractivity contribution < 1.29 is 9.84 Å². The molecule has 2 atom stereocenters. The van der Waals surface area contributed by atoms with Crippen LogP contribution >= 0.6 is 0 Å². The number of aliphatic hydroxyl groups excluding tert-OH is 1. The van der Waals surface area contributed by atoms with E-state index in [0.29, 0.717) is 6.61 Å². The van der Waals surface area contributed by atoms with E-state index in [1.807, 2.05) is 0 Å². The normalized spacial score (nSPS) is 25.8. The number of aromatic amines is 1. The van der Waals surface area contributed by atoms with Gasteiger partial charge in [-0.1, -0.05) is 19.3 Å². The number of nitrogens with zero attached hydrogens (tertiary/aromatic N) is 1. The van der Waals surface area contributed by atoms with Gasteiger partial charge in [0.25, 0.3) is 5.56 Å². The molecule has 0 bridgehead atoms. The zero-order chi connectivity index (χ0) is 12.3. The number of ether oxygens (including phenoxy) is 1. The van der Waals surface area contributed by atoms with E-state index in [-0.39, 0.29) is 11.6 Å². The first-order valence-corrected chi connectivity index (χ1v) is 6.20. The summed E-state index contributed by atoms with van der Waals surface area (Å²) in [5, 5.41) is 13.1. The van der Waals surface area contributed by atoms with Gasteiger partial charge in [-0.15, -0.1) is 0 Å². The minimum atomic E-state index is -0.427. The Hall–Kier alpha value is -1.07. The number of aliphatic hydroxyl groups is 1. The monoisotopic (exact) mass is 240 g/mol. The van der Waals surface area contributed by atoms with Gasteiger partial charge in [-0.2, -0.15) is 0 Å². The van der Waals surface area contributed by atoms with Gasteiger partial charge >= 0.3 is 0 Å². The lowest BCUT2D eigenvalue weighted by Crippen LogP contribution is -2.30. The zero-order valence-electron chi connectivity index (χ0n) is 10.2. The second kappa shape index (κ2) is 5.51. The first kappa shape index (κ1) is 12.4. The maximum absolute atomic E-state index is 11.8. The molecule has 2 unspecified atom stereocenters. The second-order valence-corrected chi connectivity index (χ2v) is 4.70. The molecule has 0 aromatic carbocycles. The van der Waals surface area contributed by atoms with Crippen molar-refractivity contribution in [2.24, 2.45) is 0 Å². The van der Waals surface area contributed by atoms with Gasteiger partial charge < -0.3 is 9.84 Å². The Labute approximate surface area is 100 Å². The highest BCUT2D eigenvalue weighted by Crippen LogP contribution is 2.26. The van der Waals surface area contributed by atoms with Crippen molar-refractivity contribution in [1.82, 2.24) is 9.78 Å². The Balaban J connectivity index is 2.22. The first-order chi connectivity index (χ1) is 8.22. The van der Waals surface area contributed by atoms with Crippen molar-refractivity contribution in [3.05, 3.63) is 22.1 Å². The second-order valence-electron chi connectivity index (χ2n) is 4.70. The minimum absolute atomic E-state index is 0.0806. The van der Waals surface area contributed by atoms with Crippen molar-refractivity contribution >= 4 is 0 Å². The van der Waals surface area contributed by atoms with E-state index in [4.69, 9.17) is 4.74 Å². The molecule has 1 aromatic heterocycles. The predicted molar refractivity (Wildman–Crippen MR) is 63.9 cm³/mol. The zero-order valence-corrected chi connectivity index (χ0v) is 10.2. The van der Waals surface area contributed by atoms with Crippen LogP contribution < -0.4 is 5.56 Å². The van der Waals surface area contributed by atoms with Crippen molar-refractivity contribution in [1.29, 1.82) is 0 Å². The van der Waals surface area contributed by atoms with Crippen LogP contribution in [0.3, 0.4) is 0 Å². The summed E-state index contributed by atoms with van der Waals surface area (Å²) in [6.07, 6.45) is 4.44. The number of rotatable bonds is 3. The van der Waals surface area contributed by atoms with Crippen LogP contribution in [-0.2, 0) is 11.3 Å². The van der Waals surface area contributed by atoms with E-state index in [1.165, 1.54) is 0 Å². The molecule has 1 heterocycles. The van der Waals surface area contributed by atoms with E-state index < -0.39 is 6.10 Å². The van der Waals surface area contributed by atoms with Gasteiger partial charge in [-0.3, -0.25) is 9.89 Å². The molecule has 1 aliphatic rings. The summed E-state index contributed by atoms with van der Waals surface area (Å²) in [7, 11) is 1.59. The van der Waals surface area contributed by atoms with Gasteiger partial charge in [-0.05, 0) is 12.8 Å². The van der Waals surface area contributed by atoms with Crippen LogP contribution in [0.1, 0.15) is 43.8 Å². The Morgan fingerprint density at radius 3 is 3.00 bits per heavy atom. The van der Waals surface area contributed by atoms with Gasteiger partial charge in [-0.25, -0.2) is 4.68 Å². The molecule has 5 heteroatoms. The van der Waals surface area contributed by atoms with E-state index in [0.717, 1.165) is 37.8 Å². The lowest BCUT2D eigenvalue weighted by Gasteiger charge is -2.20. The van der Waals surface area contributed by atoms with Crippen LogP contribution in [0.15, 0.2) is 10.9 Å². The van der Waals surface area contributed by atoms with Crippen LogP contribution in [0.4, 0.5) is 0 Å². The average molecular weight is 240 g/mol. The maximum Gasteiger partial charge on any atom is 0.267 e. The lowest BCUT2D eigenvalue weighted by molar-refractivity contribution is 0.0963. The van der Waals surface area contributed by atoms with Gasteiger partial charge in [0.05, 0.1) is 24.4 Å². The van der Waals surface area contributed by atoms with Gasteiger partial charge in [0, 0.05) is 13.2 Å². The summed E-state index contributed by atoms with van der Waals surface area (Å²) in [4.78, 5) is 11.8. The Kier molecular flexibility index (Phi) is 4.02. The summed E-state index contributed by atoms with van der Waals surface area (Å²) >= 11 is 0. The highest BCUT2D eigenvalue weighted by molar-refractivity contribution is 4.99. The predicted octanol–water partition coefficient (Wildman–Crippen LogP) is 1.19. The fourth-order valence-corrected chi connectivity index (χ4v) is 2.51. The van der Waals surface area contributed by atoms with Crippen LogP contribution in [0.5, 0.6) is 0 Å². The summed E-state index contributed by atoms with van der Waals surface area (Å²) in [5.74, 6) is 0. The Bertz CT molecular complexity index is 410. The largest absolute Gasteiger partial charge is 0.391 e. The molecule has 1 aromatic rings. The molecule has 1 aliphatic carbocycles. The molecule has 1 saturated carbocycles. The summed E-state index contributed by atoms with van der Waals surface area (Å²) in [6.45, 7) is 0.394. The van der Waals surface area contributed by atoms with Gasteiger partial charge in [0.1, 0.15) is 0 Å². The third-order valence-corrected chi connectivity index (χ3v) is 3.37. The van der Waals surface area contributed by atoms with Crippen LogP contribution in [0.2, 0.25) is 0 Å². The molecule has 96 valence electrons. The summed E-state index contributed by atoms with van der Waals surface area (Å²) < 4.78 is 6.55. The smallest absolute Gasteiger partial charge is 0.267 e. The summed E-state index contributed by atoms with van der Waals surface area (Å²) in [5.41, 5.74) is 0.678. The van der Waals surface area contributed by atoms with Crippen LogP contribution in [0, 0.1) is 0 Å². The number of hydrogen-bond donors (Lipinski definition) is 2. The molecule has 0 amide bonds. The topological polar surface area (TPSA) is 67.2 Å². The molecule has 17 heavy (non-hydrogen) atoms. The van der Waals surface area contributed by atoms with E-state index in [9.17, 15) is 9.90 Å². The van der Waals surface area contributed by atoms with Gasteiger partial charge in [0.2, 0.25) is 0 Å². The van der Waals surface area contributed by atoms with E-state index in [2.05, 4.69) is 5.10 Å². The van der Waals surface area contributed by atoms with Crippen molar-refractivity contribution in [2.45, 2.75) is 50.9 Å². The molecule has 2 rings (SSSR count). The third kappa shape index (κ3) is 2.79. The van der Waals surface area contributed by atoms with E-state index >= 15 is 0 Å². The molecule has 2 N–H and O–H groups in total. The van der Waals surface area contributed by atoms with E-state index in [1.54, 1.807) is 17.9 Å². The standard InChI is InChI=1S/C12H20N2O3/c1-17-8-9-7-12(16)14(13-9)10-5-3-2-4-6-11(10)15/h7,10-11,13,15H,2-6,8H2,1H3. The van der Waals surface area contributed by atoms with Crippen molar-refractivity contribution in [3.8, 4) is 0 Å². The van der Waals surface area contributed by atoms with Crippen LogP contribution in [0.25, 0.3) is 0 Å². The number of aromatic nitrogens is 2.